The topological polar surface area (TPSA) is 102 Å². The lowest BCUT2D eigenvalue weighted by Crippen LogP contribution is -2.59. The van der Waals surface area contributed by atoms with Crippen molar-refractivity contribution in [1.29, 1.82) is 0 Å². The fourth-order valence-electron chi connectivity index (χ4n) is 10.00. The Hall–Kier alpha value is -0.700. The second-order valence-corrected chi connectivity index (χ2v) is 15.8. The molecular weight excluding hydrogens is 514 g/mol. The van der Waals surface area contributed by atoms with Crippen LogP contribution in [0.2, 0.25) is 0 Å². The van der Waals surface area contributed by atoms with E-state index in [1.54, 1.807) is 0 Å². The summed E-state index contributed by atoms with van der Waals surface area (Å²) in [5.74, 6) is 3.14. The smallest absolute Gasteiger partial charge is 0.266 e. The highest BCUT2D eigenvalue weighted by Gasteiger charge is 2.63. The van der Waals surface area contributed by atoms with Crippen LogP contribution >= 0.6 is 0 Å². The van der Waals surface area contributed by atoms with E-state index in [4.69, 9.17) is 14.0 Å². The Kier molecular flexibility index (Phi) is 9.83. The van der Waals surface area contributed by atoms with E-state index in [2.05, 4.69) is 46.9 Å². The summed E-state index contributed by atoms with van der Waals surface area (Å²) in [6.07, 6.45) is 12.0. The summed E-state index contributed by atoms with van der Waals surface area (Å²) in [5.41, 5.74) is 0.652. The molecule has 0 aromatic rings. The predicted octanol–water partition coefficient (Wildman–Crippen LogP) is 5.87. The van der Waals surface area contributed by atoms with Crippen molar-refractivity contribution >= 4 is 16.0 Å². The monoisotopic (exact) mass is 569 g/mol. The van der Waals surface area contributed by atoms with Gasteiger partial charge in [0.1, 0.15) is 0 Å². The van der Waals surface area contributed by atoms with E-state index in [0.29, 0.717) is 59.6 Å². The highest BCUT2D eigenvalue weighted by atomic mass is 32.2. The number of carbonyl (C=O) groups is 1. The number of hydrogen-bond acceptors (Lipinski definition) is 5. The van der Waals surface area contributed by atoms with Crippen molar-refractivity contribution in [1.82, 2.24) is 5.32 Å². The molecule has 0 aliphatic heterocycles. The van der Waals surface area contributed by atoms with E-state index >= 15 is 0 Å². The van der Waals surface area contributed by atoms with Gasteiger partial charge < -0.3 is 14.8 Å². The Bertz CT molecular complexity index is 955. The summed E-state index contributed by atoms with van der Waals surface area (Å²) >= 11 is 0. The third kappa shape index (κ3) is 6.70. The molecule has 0 aromatic heterocycles. The van der Waals surface area contributed by atoms with Crippen LogP contribution in [0.25, 0.3) is 0 Å². The molecule has 10 unspecified atom stereocenters. The molecule has 0 bridgehead atoms. The van der Waals surface area contributed by atoms with Crippen LogP contribution in [0, 0.1) is 46.3 Å². The van der Waals surface area contributed by atoms with Crippen molar-refractivity contribution in [2.75, 3.05) is 18.9 Å². The van der Waals surface area contributed by atoms with Crippen molar-refractivity contribution in [3.05, 3.63) is 0 Å². The summed E-state index contributed by atoms with van der Waals surface area (Å²) in [4.78, 5) is 12.4. The van der Waals surface area contributed by atoms with Gasteiger partial charge in [0.25, 0.3) is 10.1 Å². The zero-order chi connectivity index (χ0) is 28.6. The van der Waals surface area contributed by atoms with Gasteiger partial charge in [-0.25, -0.2) is 0 Å². The molecule has 226 valence electrons. The third-order valence-corrected chi connectivity index (χ3v) is 12.4. The maximum atomic E-state index is 12.4. The quantitative estimate of drug-likeness (QED) is 0.302. The zero-order valence-electron chi connectivity index (χ0n) is 25.3. The minimum atomic E-state index is -4.06. The maximum Gasteiger partial charge on any atom is 0.266 e. The summed E-state index contributed by atoms with van der Waals surface area (Å²) in [6.45, 7) is 14.6. The largest absolute Gasteiger partial charge is 0.378 e. The van der Waals surface area contributed by atoms with E-state index in [1.807, 2.05) is 0 Å². The van der Waals surface area contributed by atoms with Crippen molar-refractivity contribution in [2.45, 2.75) is 124 Å². The lowest BCUT2D eigenvalue weighted by molar-refractivity contribution is -0.192. The average molecular weight is 570 g/mol. The van der Waals surface area contributed by atoms with Crippen LogP contribution in [-0.2, 0) is 24.4 Å². The van der Waals surface area contributed by atoms with Crippen LogP contribution in [-0.4, -0.2) is 56.1 Å². The van der Waals surface area contributed by atoms with Gasteiger partial charge >= 0.3 is 0 Å². The van der Waals surface area contributed by atoms with Crippen LogP contribution in [0.3, 0.4) is 0 Å². The third-order valence-electron chi connectivity index (χ3n) is 11.7. The average Bonchev–Trinajstić information content (AvgIpc) is 3.19. The summed E-state index contributed by atoms with van der Waals surface area (Å²) in [7, 11) is -4.06. The number of ether oxygens (including phenoxy) is 2. The lowest BCUT2D eigenvalue weighted by Gasteiger charge is -2.63. The molecule has 0 heterocycles. The molecule has 39 heavy (non-hydrogen) atoms. The van der Waals surface area contributed by atoms with Gasteiger partial charge in [-0.15, -0.1) is 0 Å². The van der Waals surface area contributed by atoms with Crippen molar-refractivity contribution in [3.63, 3.8) is 0 Å². The summed E-state index contributed by atoms with van der Waals surface area (Å²) < 4.78 is 43.7. The van der Waals surface area contributed by atoms with E-state index < -0.39 is 15.9 Å². The van der Waals surface area contributed by atoms with Gasteiger partial charge in [-0.05, 0) is 125 Å². The normalized spacial score (nSPS) is 41.0. The molecule has 0 saturated heterocycles. The Labute approximate surface area is 237 Å². The summed E-state index contributed by atoms with van der Waals surface area (Å²) in [5, 5.41) is 2.65. The van der Waals surface area contributed by atoms with Gasteiger partial charge in [0, 0.05) is 19.6 Å². The molecular formula is C31H55NO6S. The van der Waals surface area contributed by atoms with Crippen LogP contribution < -0.4 is 5.32 Å². The number of amides is 1. The van der Waals surface area contributed by atoms with Gasteiger partial charge in [0.2, 0.25) is 5.91 Å². The van der Waals surface area contributed by atoms with E-state index in [0.717, 1.165) is 13.0 Å². The van der Waals surface area contributed by atoms with Crippen molar-refractivity contribution in [3.8, 4) is 0 Å². The first kappa shape index (κ1) is 31.2. The van der Waals surface area contributed by atoms with E-state index in [9.17, 15) is 13.2 Å². The lowest BCUT2D eigenvalue weighted by atomic mass is 9.43. The van der Waals surface area contributed by atoms with Crippen LogP contribution in [0.4, 0.5) is 0 Å². The highest BCUT2D eigenvalue weighted by Crippen LogP contribution is 2.68. The highest BCUT2D eigenvalue weighted by molar-refractivity contribution is 7.85. The van der Waals surface area contributed by atoms with Gasteiger partial charge in [-0.3, -0.25) is 9.35 Å². The maximum absolute atomic E-state index is 12.4. The van der Waals surface area contributed by atoms with Gasteiger partial charge in [0.15, 0.2) is 0 Å². The standard InChI is InChI=1S/C31H55NO6S/c1-7-37-27-19-22-18-23(38-20(2)3)12-14-30(22,5)26-13-15-31(6)24(9-10-25(31)29(26)27)21(4)8-11-28(33)32-16-17-39(34,35)36/h20-27,29H,7-19H2,1-6H3,(H,32,33)(H,34,35,36). The molecule has 4 fully saturated rings. The van der Waals surface area contributed by atoms with Crippen LogP contribution in [0.15, 0.2) is 0 Å². The zero-order valence-corrected chi connectivity index (χ0v) is 26.1. The molecule has 0 spiro atoms. The second kappa shape index (κ2) is 12.3. The van der Waals surface area contributed by atoms with Gasteiger partial charge in [-0.2, -0.15) is 8.42 Å². The minimum Gasteiger partial charge on any atom is -0.378 e. The first-order valence-corrected chi connectivity index (χ1v) is 17.4. The Balaban J connectivity index is 1.43. The van der Waals surface area contributed by atoms with Gasteiger partial charge in [0.05, 0.1) is 24.1 Å². The van der Waals surface area contributed by atoms with E-state index in [1.165, 1.54) is 51.4 Å². The molecule has 10 atom stereocenters. The summed E-state index contributed by atoms with van der Waals surface area (Å²) in [6, 6.07) is 0. The molecule has 4 aliphatic rings. The molecule has 8 heteroatoms. The first-order valence-electron chi connectivity index (χ1n) is 15.8. The number of hydrogen-bond donors (Lipinski definition) is 2. The molecule has 4 rings (SSSR count). The van der Waals surface area contributed by atoms with Crippen LogP contribution in [0.1, 0.15) is 106 Å². The molecule has 2 N–H and O–H groups in total. The molecule has 4 aliphatic carbocycles. The number of fused-ring (bicyclic) bond motifs is 5. The van der Waals surface area contributed by atoms with Crippen molar-refractivity contribution < 1.29 is 27.2 Å². The molecule has 1 amide bonds. The predicted molar refractivity (Wildman–Crippen MR) is 154 cm³/mol. The number of rotatable bonds is 11. The Morgan fingerprint density at radius 2 is 1.72 bits per heavy atom. The molecule has 4 saturated carbocycles. The molecule has 7 nitrogen and oxygen atoms in total. The minimum absolute atomic E-state index is 0.0404. The van der Waals surface area contributed by atoms with Crippen LogP contribution in [0.5, 0.6) is 0 Å². The number of carbonyl (C=O) groups excluding carboxylic acids is 1. The molecule has 0 radical (unpaired) electrons. The Morgan fingerprint density at radius 1 is 1.03 bits per heavy atom. The molecule has 0 aromatic carbocycles. The first-order chi connectivity index (χ1) is 18.3. The van der Waals surface area contributed by atoms with Crippen molar-refractivity contribution in [2.24, 2.45) is 46.3 Å². The van der Waals surface area contributed by atoms with E-state index in [-0.39, 0.29) is 24.0 Å². The fourth-order valence-corrected chi connectivity index (χ4v) is 10.4. The number of nitrogens with one attached hydrogen (secondary N) is 1. The SMILES string of the molecule is CCOC1CC2CC(OC(C)C)CCC2(C)C2CCC3(C)C(C(C)CCC(=O)NCCS(=O)(=O)O)CCC3C12. The Morgan fingerprint density at radius 3 is 2.38 bits per heavy atom. The van der Waals surface area contributed by atoms with Gasteiger partial charge in [-0.1, -0.05) is 20.8 Å². The second-order valence-electron chi connectivity index (χ2n) is 14.2. The fraction of sp³-hybridized carbons (Fsp3) is 0.968.